The summed E-state index contributed by atoms with van der Waals surface area (Å²) in [4.78, 5) is 11.1. The van der Waals surface area contributed by atoms with Crippen LogP contribution >= 0.6 is 0 Å². The molecule has 3 heteroatoms. The molecule has 2 fully saturated rings. The van der Waals surface area contributed by atoms with E-state index in [9.17, 15) is 0 Å². The summed E-state index contributed by atoms with van der Waals surface area (Å²) in [7, 11) is 0. The normalized spacial score (nSPS) is 19.9. The van der Waals surface area contributed by atoms with Gasteiger partial charge in [-0.1, -0.05) is 68.9 Å². The van der Waals surface area contributed by atoms with E-state index in [1.807, 2.05) is 6.20 Å². The summed E-state index contributed by atoms with van der Waals surface area (Å²) in [5, 5.41) is 0. The average Bonchev–Trinajstić information content (AvgIpc) is 3.18. The van der Waals surface area contributed by atoms with Crippen LogP contribution in [0.3, 0.4) is 0 Å². The first-order chi connectivity index (χ1) is 12.9. The number of hydrogen-bond donors (Lipinski definition) is 1. The molecule has 2 saturated carbocycles. The molecule has 1 N–H and O–H groups in total. The fourth-order valence-electron chi connectivity index (χ4n) is 4.89. The van der Waals surface area contributed by atoms with Crippen molar-refractivity contribution in [2.24, 2.45) is 5.92 Å². The van der Waals surface area contributed by atoms with Crippen molar-refractivity contribution in [1.29, 1.82) is 0 Å². The van der Waals surface area contributed by atoms with Gasteiger partial charge in [0.2, 0.25) is 0 Å². The topological polar surface area (TPSA) is 31.9 Å². The lowest BCUT2D eigenvalue weighted by Gasteiger charge is -2.37. The number of nitrogens with zero attached hydrogens (tertiary/aromatic N) is 2. The molecule has 26 heavy (non-hydrogen) atoms. The molecule has 0 radical (unpaired) electrons. The van der Waals surface area contributed by atoms with E-state index in [0.717, 1.165) is 30.0 Å². The highest BCUT2D eigenvalue weighted by Gasteiger charge is 2.25. The molecule has 0 amide bonds. The summed E-state index contributed by atoms with van der Waals surface area (Å²) in [5.41, 5.74) is 2.37. The van der Waals surface area contributed by atoms with Crippen LogP contribution < -0.4 is 0 Å². The van der Waals surface area contributed by atoms with Gasteiger partial charge in [-0.15, -0.1) is 0 Å². The Balaban J connectivity index is 1.45. The highest BCUT2D eigenvalue weighted by molar-refractivity contribution is 5.57. The molecule has 0 aliphatic heterocycles. The van der Waals surface area contributed by atoms with Gasteiger partial charge in [0.1, 0.15) is 5.82 Å². The van der Waals surface area contributed by atoms with E-state index in [0.29, 0.717) is 0 Å². The first-order valence-corrected chi connectivity index (χ1v) is 10.7. The van der Waals surface area contributed by atoms with Gasteiger partial charge in [-0.25, -0.2) is 4.98 Å². The Kier molecular flexibility index (Phi) is 6.06. The maximum Gasteiger partial charge on any atom is 0.120 e. The maximum absolute atomic E-state index is 4.72. The van der Waals surface area contributed by atoms with Crippen LogP contribution in [-0.4, -0.2) is 27.5 Å². The number of H-pyrrole nitrogens is 1. The van der Waals surface area contributed by atoms with Crippen molar-refractivity contribution in [3.8, 4) is 11.3 Å². The molecule has 1 aromatic heterocycles. The van der Waals surface area contributed by atoms with Crippen molar-refractivity contribution in [2.75, 3.05) is 6.54 Å². The molecule has 0 spiro atoms. The number of benzene rings is 1. The summed E-state index contributed by atoms with van der Waals surface area (Å²) >= 11 is 0. The number of aromatic amines is 1. The van der Waals surface area contributed by atoms with Crippen LogP contribution in [0.4, 0.5) is 0 Å². The molecule has 1 aromatic carbocycles. The lowest BCUT2D eigenvalue weighted by atomic mass is 9.87. The van der Waals surface area contributed by atoms with Gasteiger partial charge in [0.25, 0.3) is 0 Å². The number of imidazole rings is 1. The third kappa shape index (κ3) is 4.56. The lowest BCUT2D eigenvalue weighted by Crippen LogP contribution is -2.40. The highest BCUT2D eigenvalue weighted by Crippen LogP contribution is 2.29. The lowest BCUT2D eigenvalue weighted by molar-refractivity contribution is 0.111. The smallest absolute Gasteiger partial charge is 0.120 e. The molecule has 1 heterocycles. The Morgan fingerprint density at radius 3 is 2.31 bits per heavy atom. The van der Waals surface area contributed by atoms with Gasteiger partial charge in [-0.05, 0) is 37.2 Å². The Morgan fingerprint density at radius 1 is 0.885 bits per heavy atom. The zero-order valence-electron chi connectivity index (χ0n) is 16.0. The van der Waals surface area contributed by atoms with E-state index in [4.69, 9.17) is 4.98 Å². The summed E-state index contributed by atoms with van der Waals surface area (Å²) in [6.07, 6.45) is 16.1. The van der Waals surface area contributed by atoms with Crippen LogP contribution in [0.5, 0.6) is 0 Å². The second-order valence-corrected chi connectivity index (χ2v) is 8.33. The van der Waals surface area contributed by atoms with Gasteiger partial charge < -0.3 is 4.98 Å². The average molecular weight is 352 g/mol. The molecule has 0 unspecified atom stereocenters. The van der Waals surface area contributed by atoms with Crippen molar-refractivity contribution in [1.82, 2.24) is 14.9 Å². The third-order valence-electron chi connectivity index (χ3n) is 6.37. The number of nitrogens with one attached hydrogen (secondary N) is 1. The minimum atomic E-state index is 0.760. The van der Waals surface area contributed by atoms with Crippen LogP contribution in [-0.2, 0) is 6.54 Å². The van der Waals surface area contributed by atoms with Crippen molar-refractivity contribution in [2.45, 2.75) is 76.8 Å². The van der Waals surface area contributed by atoms with Gasteiger partial charge >= 0.3 is 0 Å². The van der Waals surface area contributed by atoms with E-state index in [1.54, 1.807) is 0 Å². The zero-order chi connectivity index (χ0) is 17.6. The SMILES string of the molecule is c1ccc(-c2cnc(CN(CC3CCCCC3)C3CCCCC3)[nH]2)cc1. The van der Waals surface area contributed by atoms with E-state index in [1.165, 1.54) is 76.3 Å². The van der Waals surface area contributed by atoms with Crippen molar-refractivity contribution in [3.05, 3.63) is 42.4 Å². The monoisotopic (exact) mass is 351 g/mol. The summed E-state index contributed by atoms with van der Waals surface area (Å²) in [6.45, 7) is 2.25. The van der Waals surface area contributed by atoms with E-state index >= 15 is 0 Å². The fraction of sp³-hybridized carbons (Fsp3) is 0.609. The van der Waals surface area contributed by atoms with E-state index in [2.05, 4.69) is 40.2 Å². The predicted molar refractivity (Wildman–Crippen MR) is 108 cm³/mol. The molecule has 2 aliphatic carbocycles. The Morgan fingerprint density at radius 2 is 1.58 bits per heavy atom. The van der Waals surface area contributed by atoms with Crippen LogP contribution in [0.2, 0.25) is 0 Å². The van der Waals surface area contributed by atoms with Gasteiger partial charge in [-0.3, -0.25) is 4.90 Å². The van der Waals surface area contributed by atoms with Crippen LogP contribution in [0.1, 0.15) is 70.0 Å². The molecule has 0 saturated heterocycles. The second kappa shape index (κ2) is 8.85. The zero-order valence-corrected chi connectivity index (χ0v) is 16.0. The Labute approximate surface area is 158 Å². The molecule has 0 atom stereocenters. The summed E-state index contributed by atoms with van der Waals surface area (Å²) in [6, 6.07) is 11.3. The number of hydrogen-bond acceptors (Lipinski definition) is 2. The number of rotatable bonds is 6. The molecule has 2 aromatic rings. The standard InChI is InChI=1S/C23H33N3/c1-4-10-19(11-5-1)17-26(21-14-8-3-9-15-21)18-23-24-16-22(25-23)20-12-6-2-7-13-20/h2,6-7,12-13,16,19,21H,1,3-5,8-11,14-15,17-18H2,(H,24,25). The van der Waals surface area contributed by atoms with Crippen LogP contribution in [0.15, 0.2) is 36.5 Å². The molecule has 2 aliphatic rings. The van der Waals surface area contributed by atoms with Gasteiger partial charge in [0.05, 0.1) is 18.4 Å². The molecular weight excluding hydrogens is 318 g/mol. The number of aromatic nitrogens is 2. The summed E-state index contributed by atoms with van der Waals surface area (Å²) in [5.74, 6) is 2.03. The first kappa shape index (κ1) is 17.8. The predicted octanol–water partition coefficient (Wildman–Crippen LogP) is 5.79. The quantitative estimate of drug-likeness (QED) is 0.714. The molecule has 3 nitrogen and oxygen atoms in total. The van der Waals surface area contributed by atoms with E-state index in [-0.39, 0.29) is 0 Å². The van der Waals surface area contributed by atoms with Crippen LogP contribution in [0, 0.1) is 5.92 Å². The van der Waals surface area contributed by atoms with Gasteiger partial charge in [-0.2, -0.15) is 0 Å². The van der Waals surface area contributed by atoms with E-state index < -0.39 is 0 Å². The molecular formula is C23H33N3. The van der Waals surface area contributed by atoms with Crippen LogP contribution in [0.25, 0.3) is 11.3 Å². The van der Waals surface area contributed by atoms with Gasteiger partial charge in [0, 0.05) is 12.6 Å². The van der Waals surface area contributed by atoms with Crippen molar-refractivity contribution in [3.63, 3.8) is 0 Å². The minimum Gasteiger partial charge on any atom is -0.341 e. The molecule has 4 rings (SSSR count). The molecule has 0 bridgehead atoms. The maximum atomic E-state index is 4.72. The molecule has 140 valence electrons. The largest absolute Gasteiger partial charge is 0.341 e. The third-order valence-corrected chi connectivity index (χ3v) is 6.37. The fourth-order valence-corrected chi connectivity index (χ4v) is 4.89. The van der Waals surface area contributed by atoms with Crippen molar-refractivity contribution >= 4 is 0 Å². The highest BCUT2D eigenvalue weighted by atomic mass is 15.2. The Hall–Kier alpha value is -1.61. The second-order valence-electron chi connectivity index (χ2n) is 8.33. The van der Waals surface area contributed by atoms with Crippen molar-refractivity contribution < 1.29 is 0 Å². The first-order valence-electron chi connectivity index (χ1n) is 10.7. The van der Waals surface area contributed by atoms with Gasteiger partial charge in [0.15, 0.2) is 0 Å². The Bertz CT molecular complexity index is 651. The minimum absolute atomic E-state index is 0.760. The summed E-state index contributed by atoms with van der Waals surface area (Å²) < 4.78 is 0.